The van der Waals surface area contributed by atoms with Crippen molar-refractivity contribution in [3.63, 3.8) is 0 Å². The van der Waals surface area contributed by atoms with Crippen LogP contribution in [-0.4, -0.2) is 14.7 Å². The van der Waals surface area contributed by atoms with Crippen LogP contribution >= 0.6 is 23.2 Å². The molecule has 0 radical (unpaired) electrons. The summed E-state index contributed by atoms with van der Waals surface area (Å²) in [6.07, 6.45) is 1.19. The molecule has 0 heterocycles. The van der Waals surface area contributed by atoms with Gasteiger partial charge in [0.05, 0.1) is 15.6 Å². The molecule has 21 heavy (non-hydrogen) atoms. The first-order valence-corrected chi connectivity index (χ1v) is 8.94. The van der Waals surface area contributed by atoms with Crippen molar-refractivity contribution >= 4 is 38.7 Å². The summed E-state index contributed by atoms with van der Waals surface area (Å²) in [5, 5.41) is 4.39. The van der Waals surface area contributed by atoms with Gasteiger partial charge in [0.1, 0.15) is 0 Å². The van der Waals surface area contributed by atoms with Crippen molar-refractivity contribution in [3.05, 3.63) is 58.1 Å². The van der Waals surface area contributed by atoms with E-state index < -0.39 is 9.84 Å². The Bertz CT molecular complexity index is 743. The lowest BCUT2D eigenvalue weighted by molar-refractivity contribution is 0.602. The summed E-state index contributed by atoms with van der Waals surface area (Å²) >= 11 is 12.0. The number of hydrogen-bond acceptors (Lipinski definition) is 3. The number of rotatable bonds is 4. The van der Waals surface area contributed by atoms with Crippen molar-refractivity contribution in [2.75, 3.05) is 11.6 Å². The molecule has 0 aliphatic rings. The molecule has 2 aromatic carbocycles. The zero-order valence-electron chi connectivity index (χ0n) is 11.6. The quantitative estimate of drug-likeness (QED) is 0.884. The second kappa shape index (κ2) is 6.26. The van der Waals surface area contributed by atoms with E-state index in [-0.39, 0.29) is 6.04 Å². The van der Waals surface area contributed by atoms with E-state index >= 15 is 0 Å². The van der Waals surface area contributed by atoms with Crippen LogP contribution in [0.2, 0.25) is 10.0 Å². The van der Waals surface area contributed by atoms with Gasteiger partial charge in [0.15, 0.2) is 9.84 Å². The van der Waals surface area contributed by atoms with Crippen LogP contribution in [0.5, 0.6) is 0 Å². The van der Waals surface area contributed by atoms with Crippen molar-refractivity contribution in [3.8, 4) is 0 Å². The Labute approximate surface area is 134 Å². The fourth-order valence-corrected chi connectivity index (χ4v) is 3.02. The predicted molar refractivity (Wildman–Crippen MR) is 88.1 cm³/mol. The van der Waals surface area contributed by atoms with Gasteiger partial charge in [-0.15, -0.1) is 0 Å². The summed E-state index contributed by atoms with van der Waals surface area (Å²) in [6.45, 7) is 1.97. The molecular formula is C15H15Cl2NO2S. The maximum Gasteiger partial charge on any atom is 0.175 e. The maximum atomic E-state index is 11.4. The maximum absolute atomic E-state index is 11.4. The Hall–Kier alpha value is -1.23. The van der Waals surface area contributed by atoms with Gasteiger partial charge in [-0.25, -0.2) is 8.42 Å². The number of halogens is 2. The van der Waals surface area contributed by atoms with Crippen LogP contribution in [0.25, 0.3) is 0 Å². The third-order valence-corrected chi connectivity index (χ3v) is 4.79. The van der Waals surface area contributed by atoms with E-state index in [0.29, 0.717) is 14.9 Å². The SMILES string of the molecule is CC(Nc1ccc(Cl)cc1Cl)c1ccc(S(C)(=O)=O)cc1. The Morgan fingerprint density at radius 2 is 1.67 bits per heavy atom. The van der Waals surface area contributed by atoms with Gasteiger partial charge in [-0.3, -0.25) is 0 Å². The zero-order chi connectivity index (χ0) is 15.6. The summed E-state index contributed by atoms with van der Waals surface area (Å²) in [4.78, 5) is 0.308. The average Bonchev–Trinajstić information content (AvgIpc) is 2.41. The molecule has 0 saturated heterocycles. The van der Waals surface area contributed by atoms with E-state index in [1.165, 1.54) is 6.26 Å². The highest BCUT2D eigenvalue weighted by Crippen LogP contribution is 2.29. The van der Waals surface area contributed by atoms with Gasteiger partial charge in [0.2, 0.25) is 0 Å². The molecule has 2 rings (SSSR count). The monoisotopic (exact) mass is 343 g/mol. The molecule has 1 atom stereocenters. The first-order chi connectivity index (χ1) is 9.77. The van der Waals surface area contributed by atoms with Crippen LogP contribution in [-0.2, 0) is 9.84 Å². The minimum Gasteiger partial charge on any atom is -0.377 e. The van der Waals surface area contributed by atoms with Gasteiger partial charge in [0, 0.05) is 17.3 Å². The molecule has 1 N–H and O–H groups in total. The normalized spacial score (nSPS) is 13.0. The first kappa shape index (κ1) is 16.1. The minimum absolute atomic E-state index is 0.0164. The van der Waals surface area contributed by atoms with Crippen molar-refractivity contribution in [1.29, 1.82) is 0 Å². The highest BCUT2D eigenvalue weighted by atomic mass is 35.5. The van der Waals surface area contributed by atoms with Crippen LogP contribution in [0, 0.1) is 0 Å². The number of nitrogens with one attached hydrogen (secondary N) is 1. The third kappa shape index (κ3) is 4.13. The molecule has 0 saturated carbocycles. The molecule has 0 aromatic heterocycles. The van der Waals surface area contributed by atoms with Gasteiger partial charge in [-0.1, -0.05) is 35.3 Å². The molecule has 0 amide bonds. The minimum atomic E-state index is -3.17. The predicted octanol–water partition coefficient (Wildman–Crippen LogP) is 4.57. The lowest BCUT2D eigenvalue weighted by atomic mass is 10.1. The number of anilines is 1. The Balaban J connectivity index is 2.18. The van der Waals surface area contributed by atoms with Gasteiger partial charge >= 0.3 is 0 Å². The van der Waals surface area contributed by atoms with E-state index in [0.717, 1.165) is 11.3 Å². The third-order valence-electron chi connectivity index (χ3n) is 3.11. The first-order valence-electron chi connectivity index (χ1n) is 6.29. The van der Waals surface area contributed by atoms with Crippen molar-refractivity contribution in [2.24, 2.45) is 0 Å². The molecule has 6 heteroatoms. The van der Waals surface area contributed by atoms with E-state index in [2.05, 4.69) is 5.32 Å². The van der Waals surface area contributed by atoms with Gasteiger partial charge < -0.3 is 5.32 Å². The summed E-state index contributed by atoms with van der Waals surface area (Å²) in [5.41, 5.74) is 1.74. The second-order valence-corrected chi connectivity index (χ2v) is 7.69. The van der Waals surface area contributed by atoms with Crippen LogP contribution in [0.4, 0.5) is 5.69 Å². The van der Waals surface area contributed by atoms with E-state index in [4.69, 9.17) is 23.2 Å². The molecule has 0 aliphatic carbocycles. The summed E-state index contributed by atoms with van der Waals surface area (Å²) < 4.78 is 22.9. The molecule has 0 spiro atoms. The summed E-state index contributed by atoms with van der Waals surface area (Å²) in [5.74, 6) is 0. The zero-order valence-corrected chi connectivity index (χ0v) is 13.9. The number of hydrogen-bond donors (Lipinski definition) is 1. The molecule has 1 unspecified atom stereocenters. The largest absolute Gasteiger partial charge is 0.377 e. The van der Waals surface area contributed by atoms with Crippen LogP contribution in [0.1, 0.15) is 18.5 Å². The highest BCUT2D eigenvalue weighted by molar-refractivity contribution is 7.90. The Morgan fingerprint density at radius 1 is 1.05 bits per heavy atom. The van der Waals surface area contributed by atoms with E-state index in [1.54, 1.807) is 36.4 Å². The molecule has 2 aromatic rings. The molecular weight excluding hydrogens is 329 g/mol. The highest BCUT2D eigenvalue weighted by Gasteiger charge is 2.11. The van der Waals surface area contributed by atoms with E-state index in [9.17, 15) is 8.42 Å². The second-order valence-electron chi connectivity index (χ2n) is 4.83. The molecule has 3 nitrogen and oxygen atoms in total. The smallest absolute Gasteiger partial charge is 0.175 e. The van der Waals surface area contributed by atoms with Crippen LogP contribution in [0.15, 0.2) is 47.4 Å². The lowest BCUT2D eigenvalue weighted by Gasteiger charge is -2.17. The van der Waals surface area contributed by atoms with Crippen molar-refractivity contribution in [2.45, 2.75) is 17.9 Å². The van der Waals surface area contributed by atoms with Crippen LogP contribution in [0.3, 0.4) is 0 Å². The topological polar surface area (TPSA) is 46.2 Å². The van der Waals surface area contributed by atoms with Crippen LogP contribution < -0.4 is 5.32 Å². The average molecular weight is 344 g/mol. The molecule has 0 bridgehead atoms. The lowest BCUT2D eigenvalue weighted by Crippen LogP contribution is -2.07. The molecule has 112 valence electrons. The van der Waals surface area contributed by atoms with Gasteiger partial charge in [0.25, 0.3) is 0 Å². The number of benzene rings is 2. The van der Waals surface area contributed by atoms with E-state index in [1.807, 2.05) is 13.0 Å². The standard InChI is InChI=1S/C15H15Cl2NO2S/c1-10(18-15-8-5-12(16)9-14(15)17)11-3-6-13(7-4-11)21(2,19)20/h3-10,18H,1-2H3. The molecule has 0 aliphatic heterocycles. The summed E-state index contributed by atoms with van der Waals surface area (Å²) in [6, 6.07) is 12.0. The number of sulfone groups is 1. The van der Waals surface area contributed by atoms with Gasteiger partial charge in [-0.05, 0) is 42.8 Å². The van der Waals surface area contributed by atoms with Gasteiger partial charge in [-0.2, -0.15) is 0 Å². The van der Waals surface area contributed by atoms with Crippen molar-refractivity contribution < 1.29 is 8.42 Å². The Morgan fingerprint density at radius 3 is 2.19 bits per heavy atom. The molecule has 0 fully saturated rings. The Kier molecular flexibility index (Phi) is 4.81. The fraction of sp³-hybridized carbons (Fsp3) is 0.200. The fourth-order valence-electron chi connectivity index (χ4n) is 1.93. The van der Waals surface area contributed by atoms with Crippen molar-refractivity contribution in [1.82, 2.24) is 0 Å². The summed E-state index contributed by atoms with van der Waals surface area (Å²) in [7, 11) is -3.17.